The summed E-state index contributed by atoms with van der Waals surface area (Å²) < 4.78 is 1.10. The van der Waals surface area contributed by atoms with Crippen molar-refractivity contribution in [1.82, 2.24) is 4.90 Å². The van der Waals surface area contributed by atoms with Crippen LogP contribution in [0.3, 0.4) is 0 Å². The number of hydrogen-bond acceptors (Lipinski definition) is 2. The van der Waals surface area contributed by atoms with Crippen LogP contribution in [0, 0.1) is 3.57 Å². The molecule has 0 heterocycles. The molecule has 0 aliphatic rings. The van der Waals surface area contributed by atoms with Crippen LogP contribution < -0.4 is 0 Å². The number of benzene rings is 2. The molecule has 1 amide bonds. The van der Waals surface area contributed by atoms with Gasteiger partial charge in [0.2, 0.25) is 0 Å². The van der Waals surface area contributed by atoms with Gasteiger partial charge in [0, 0.05) is 15.7 Å². The third-order valence-corrected chi connectivity index (χ3v) is 4.23. The summed E-state index contributed by atoms with van der Waals surface area (Å²) in [5, 5.41) is 9.60. The van der Waals surface area contributed by atoms with E-state index in [1.807, 2.05) is 44.2 Å². The van der Waals surface area contributed by atoms with Gasteiger partial charge < -0.3 is 10.0 Å². The Balaban J connectivity index is 2.26. The molecule has 21 heavy (non-hydrogen) atoms. The van der Waals surface area contributed by atoms with Crippen LogP contribution in [0.15, 0.2) is 48.5 Å². The standard InChI is InChI=1S/C17H18INO2/c1-3-19(12(2)14-5-4-6-16(20)11-14)17(21)13-7-9-15(18)10-8-13/h4-12,20H,3H2,1-2H3. The predicted molar refractivity (Wildman–Crippen MR) is 92.4 cm³/mol. The molecule has 1 N–H and O–H groups in total. The number of rotatable bonds is 4. The topological polar surface area (TPSA) is 40.5 Å². The van der Waals surface area contributed by atoms with E-state index in [0.29, 0.717) is 12.1 Å². The SMILES string of the molecule is CCN(C(=O)c1ccc(I)cc1)C(C)c1cccc(O)c1. The van der Waals surface area contributed by atoms with E-state index in [4.69, 9.17) is 0 Å². The number of carbonyl (C=O) groups is 1. The van der Waals surface area contributed by atoms with Crippen molar-refractivity contribution in [2.75, 3.05) is 6.54 Å². The number of halogens is 1. The van der Waals surface area contributed by atoms with Gasteiger partial charge >= 0.3 is 0 Å². The molecule has 0 spiro atoms. The highest BCUT2D eigenvalue weighted by Gasteiger charge is 2.21. The predicted octanol–water partition coefficient (Wildman–Crippen LogP) is 4.22. The molecule has 3 nitrogen and oxygen atoms in total. The average molecular weight is 395 g/mol. The number of carbonyl (C=O) groups excluding carboxylic acids is 1. The van der Waals surface area contributed by atoms with Crippen LogP contribution >= 0.6 is 22.6 Å². The van der Waals surface area contributed by atoms with E-state index < -0.39 is 0 Å². The summed E-state index contributed by atoms with van der Waals surface area (Å²) in [7, 11) is 0. The normalized spacial score (nSPS) is 12.0. The van der Waals surface area contributed by atoms with Crippen molar-refractivity contribution in [3.8, 4) is 5.75 Å². The van der Waals surface area contributed by atoms with Gasteiger partial charge in [-0.05, 0) is 78.4 Å². The second kappa shape index (κ2) is 6.93. The van der Waals surface area contributed by atoms with E-state index in [-0.39, 0.29) is 17.7 Å². The highest BCUT2D eigenvalue weighted by Crippen LogP contribution is 2.25. The van der Waals surface area contributed by atoms with E-state index in [0.717, 1.165) is 9.13 Å². The highest BCUT2D eigenvalue weighted by molar-refractivity contribution is 14.1. The van der Waals surface area contributed by atoms with Crippen molar-refractivity contribution in [1.29, 1.82) is 0 Å². The Hall–Kier alpha value is -1.56. The first-order valence-corrected chi connectivity index (χ1v) is 7.96. The summed E-state index contributed by atoms with van der Waals surface area (Å²) in [5.41, 5.74) is 1.61. The zero-order valence-corrected chi connectivity index (χ0v) is 14.2. The first-order chi connectivity index (χ1) is 10.0. The molecule has 0 saturated heterocycles. The molecule has 0 aliphatic carbocycles. The Bertz CT molecular complexity index is 625. The first-order valence-electron chi connectivity index (χ1n) is 6.88. The molecule has 4 heteroatoms. The van der Waals surface area contributed by atoms with Crippen molar-refractivity contribution >= 4 is 28.5 Å². The van der Waals surface area contributed by atoms with Crippen molar-refractivity contribution in [3.63, 3.8) is 0 Å². The van der Waals surface area contributed by atoms with E-state index >= 15 is 0 Å². The number of aromatic hydroxyl groups is 1. The molecule has 110 valence electrons. The molecule has 2 aromatic carbocycles. The fourth-order valence-corrected chi connectivity index (χ4v) is 2.68. The van der Waals surface area contributed by atoms with Crippen molar-refractivity contribution in [2.24, 2.45) is 0 Å². The maximum atomic E-state index is 12.6. The number of phenols is 1. The fraction of sp³-hybridized carbons (Fsp3) is 0.235. The molecule has 2 rings (SSSR count). The van der Waals surface area contributed by atoms with E-state index in [2.05, 4.69) is 22.6 Å². The minimum Gasteiger partial charge on any atom is -0.508 e. The van der Waals surface area contributed by atoms with Gasteiger partial charge in [-0.2, -0.15) is 0 Å². The Kier molecular flexibility index (Phi) is 5.22. The quantitative estimate of drug-likeness (QED) is 0.788. The summed E-state index contributed by atoms with van der Waals surface area (Å²) >= 11 is 2.22. The fourth-order valence-electron chi connectivity index (χ4n) is 2.32. The van der Waals surface area contributed by atoms with Crippen LogP contribution in [0.2, 0.25) is 0 Å². The smallest absolute Gasteiger partial charge is 0.254 e. The van der Waals surface area contributed by atoms with Crippen molar-refractivity contribution in [3.05, 3.63) is 63.2 Å². The maximum Gasteiger partial charge on any atom is 0.254 e. The molecule has 0 radical (unpaired) electrons. The third-order valence-electron chi connectivity index (χ3n) is 3.51. The number of phenolic OH excluding ortho intramolecular Hbond substituents is 1. The highest BCUT2D eigenvalue weighted by atomic mass is 127. The molecule has 0 aromatic heterocycles. The zero-order valence-electron chi connectivity index (χ0n) is 12.1. The van der Waals surface area contributed by atoms with Gasteiger partial charge in [0.25, 0.3) is 5.91 Å². The van der Waals surface area contributed by atoms with Crippen LogP contribution in [0.25, 0.3) is 0 Å². The third kappa shape index (κ3) is 3.75. The van der Waals surface area contributed by atoms with Crippen LogP contribution in [-0.4, -0.2) is 22.5 Å². The van der Waals surface area contributed by atoms with Crippen molar-refractivity contribution in [2.45, 2.75) is 19.9 Å². The molecule has 1 atom stereocenters. The van der Waals surface area contributed by atoms with Crippen LogP contribution in [0.5, 0.6) is 5.75 Å². The lowest BCUT2D eigenvalue weighted by Crippen LogP contribution is -2.33. The second-order valence-electron chi connectivity index (χ2n) is 4.87. The summed E-state index contributed by atoms with van der Waals surface area (Å²) in [6.07, 6.45) is 0. The van der Waals surface area contributed by atoms with E-state index in [1.54, 1.807) is 23.1 Å². The van der Waals surface area contributed by atoms with Gasteiger partial charge in [0.1, 0.15) is 5.75 Å². The molecule has 0 saturated carbocycles. The van der Waals surface area contributed by atoms with Gasteiger partial charge in [-0.1, -0.05) is 12.1 Å². The summed E-state index contributed by atoms with van der Waals surface area (Å²) in [6, 6.07) is 14.5. The molecular weight excluding hydrogens is 377 g/mol. The molecule has 1 unspecified atom stereocenters. The van der Waals surface area contributed by atoms with Crippen LogP contribution in [0.1, 0.15) is 35.8 Å². The Labute approximate surface area is 138 Å². The van der Waals surface area contributed by atoms with Crippen molar-refractivity contribution < 1.29 is 9.90 Å². The van der Waals surface area contributed by atoms with Gasteiger partial charge in [-0.15, -0.1) is 0 Å². The molecule has 0 aliphatic heterocycles. The number of nitrogens with zero attached hydrogens (tertiary/aromatic N) is 1. The first kappa shape index (κ1) is 15.8. The van der Waals surface area contributed by atoms with Gasteiger partial charge in [-0.3, -0.25) is 4.79 Å². The lowest BCUT2D eigenvalue weighted by atomic mass is 10.1. The molecule has 2 aromatic rings. The number of hydrogen-bond donors (Lipinski definition) is 1. The monoisotopic (exact) mass is 395 g/mol. The van der Waals surface area contributed by atoms with Gasteiger partial charge in [0.05, 0.1) is 6.04 Å². The molecular formula is C17H18INO2. The maximum absolute atomic E-state index is 12.6. The summed E-state index contributed by atoms with van der Waals surface area (Å²) in [4.78, 5) is 14.5. The minimum atomic E-state index is -0.0890. The second-order valence-corrected chi connectivity index (χ2v) is 6.11. The Morgan fingerprint density at radius 2 is 1.90 bits per heavy atom. The van der Waals surface area contributed by atoms with E-state index in [1.165, 1.54) is 0 Å². The molecule has 0 bridgehead atoms. The van der Waals surface area contributed by atoms with Gasteiger partial charge in [-0.25, -0.2) is 0 Å². The lowest BCUT2D eigenvalue weighted by molar-refractivity contribution is 0.0702. The summed E-state index contributed by atoms with van der Waals surface area (Å²) in [6.45, 7) is 4.55. The molecule has 0 fully saturated rings. The Morgan fingerprint density at radius 3 is 2.48 bits per heavy atom. The summed E-state index contributed by atoms with van der Waals surface area (Å²) in [5.74, 6) is 0.224. The Morgan fingerprint density at radius 1 is 1.24 bits per heavy atom. The zero-order chi connectivity index (χ0) is 15.4. The lowest BCUT2D eigenvalue weighted by Gasteiger charge is -2.28. The largest absolute Gasteiger partial charge is 0.508 e. The van der Waals surface area contributed by atoms with Gasteiger partial charge in [0.15, 0.2) is 0 Å². The number of amides is 1. The average Bonchev–Trinajstić information content (AvgIpc) is 2.48. The van der Waals surface area contributed by atoms with Crippen LogP contribution in [0.4, 0.5) is 0 Å². The minimum absolute atomic E-state index is 0.00439. The van der Waals surface area contributed by atoms with E-state index in [9.17, 15) is 9.90 Å². The van der Waals surface area contributed by atoms with Crippen LogP contribution in [-0.2, 0) is 0 Å².